The van der Waals surface area contributed by atoms with Crippen molar-refractivity contribution < 1.29 is 4.79 Å². The van der Waals surface area contributed by atoms with E-state index in [0.717, 1.165) is 22.2 Å². The van der Waals surface area contributed by atoms with E-state index in [1.807, 2.05) is 18.4 Å². The first-order chi connectivity index (χ1) is 9.63. The van der Waals surface area contributed by atoms with Gasteiger partial charge in [0, 0.05) is 25.3 Å². The minimum Gasteiger partial charge on any atom is -0.356 e. The molecule has 3 rings (SSSR count). The molecule has 0 bridgehead atoms. The number of carbonyl (C=O) groups excluding carboxylic acids is 1. The van der Waals surface area contributed by atoms with E-state index in [-0.39, 0.29) is 5.91 Å². The van der Waals surface area contributed by atoms with Crippen molar-refractivity contribution in [2.24, 2.45) is 5.92 Å². The third-order valence-electron chi connectivity index (χ3n) is 3.25. The number of hydrogen-bond donors (Lipinski definition) is 1. The molecule has 2 aromatic heterocycles. The molecular formula is C13H19N5OS. The lowest BCUT2D eigenvalue weighted by atomic mass is 10.1. The molecule has 20 heavy (non-hydrogen) atoms. The molecule has 6 nitrogen and oxygen atoms in total. The summed E-state index contributed by atoms with van der Waals surface area (Å²) in [4.78, 5) is 12.4. The number of fused-ring (bicyclic) bond motifs is 1. The molecule has 7 heteroatoms. The minimum absolute atomic E-state index is 0.113. The van der Waals surface area contributed by atoms with Crippen LogP contribution in [0.5, 0.6) is 0 Å². The van der Waals surface area contributed by atoms with Crippen molar-refractivity contribution in [2.75, 3.05) is 6.54 Å². The van der Waals surface area contributed by atoms with Gasteiger partial charge < -0.3 is 5.32 Å². The van der Waals surface area contributed by atoms with Crippen molar-refractivity contribution in [2.45, 2.75) is 45.4 Å². The highest BCUT2D eigenvalue weighted by Crippen LogP contribution is 2.39. The largest absolute Gasteiger partial charge is 0.356 e. The fraction of sp³-hybridized carbons (Fsp3) is 0.692. The zero-order valence-electron chi connectivity index (χ0n) is 11.8. The summed E-state index contributed by atoms with van der Waals surface area (Å²) in [5, 5.41) is 16.8. The van der Waals surface area contributed by atoms with Crippen molar-refractivity contribution >= 4 is 22.2 Å². The van der Waals surface area contributed by atoms with Crippen LogP contribution in [0.25, 0.3) is 4.96 Å². The van der Waals surface area contributed by atoms with Crippen LogP contribution in [0.1, 0.15) is 49.9 Å². The molecule has 2 heterocycles. The van der Waals surface area contributed by atoms with E-state index in [0.29, 0.717) is 24.8 Å². The molecule has 1 saturated carbocycles. The lowest BCUT2D eigenvalue weighted by Gasteiger charge is -2.05. The van der Waals surface area contributed by atoms with Crippen LogP contribution in [0.3, 0.4) is 0 Å². The number of carbonyl (C=O) groups is 1. The standard InChI is InChI=1S/C13H19N5OS/c1-8(2)7-10(19)14-6-5-11-17-18-12(9-3-4-9)15-16-13(18)20-11/h8-9H,3-7H2,1-2H3,(H,14,19). The molecule has 1 aliphatic rings. The molecule has 0 radical (unpaired) electrons. The molecule has 1 N–H and O–H groups in total. The van der Waals surface area contributed by atoms with Gasteiger partial charge in [0.2, 0.25) is 10.9 Å². The molecule has 1 amide bonds. The number of hydrogen-bond acceptors (Lipinski definition) is 5. The van der Waals surface area contributed by atoms with Crippen LogP contribution in [0, 0.1) is 5.92 Å². The summed E-state index contributed by atoms with van der Waals surface area (Å²) < 4.78 is 1.87. The second kappa shape index (κ2) is 5.47. The summed E-state index contributed by atoms with van der Waals surface area (Å²) in [6.07, 6.45) is 3.72. The van der Waals surface area contributed by atoms with Gasteiger partial charge >= 0.3 is 0 Å². The maximum absolute atomic E-state index is 11.6. The van der Waals surface area contributed by atoms with Crippen molar-refractivity contribution in [3.8, 4) is 0 Å². The topological polar surface area (TPSA) is 72.2 Å². The third-order valence-corrected chi connectivity index (χ3v) is 4.21. The predicted molar refractivity (Wildman–Crippen MR) is 76.8 cm³/mol. The third kappa shape index (κ3) is 2.98. The van der Waals surface area contributed by atoms with Crippen LogP contribution in [0.4, 0.5) is 0 Å². The molecule has 0 aliphatic heterocycles. The zero-order valence-corrected chi connectivity index (χ0v) is 12.6. The molecule has 0 aromatic carbocycles. The highest BCUT2D eigenvalue weighted by atomic mass is 32.1. The Hall–Kier alpha value is -1.50. The van der Waals surface area contributed by atoms with Gasteiger partial charge in [-0.25, -0.2) is 0 Å². The quantitative estimate of drug-likeness (QED) is 0.881. The second-order valence-corrected chi connectivity index (χ2v) is 6.76. The van der Waals surface area contributed by atoms with Crippen LogP contribution in [-0.2, 0) is 11.2 Å². The Balaban J connectivity index is 1.56. The van der Waals surface area contributed by atoms with E-state index < -0.39 is 0 Å². The molecule has 0 saturated heterocycles. The summed E-state index contributed by atoms with van der Waals surface area (Å²) in [6, 6.07) is 0. The van der Waals surface area contributed by atoms with E-state index >= 15 is 0 Å². The van der Waals surface area contributed by atoms with Crippen LogP contribution in [-0.4, -0.2) is 32.3 Å². The Kier molecular flexibility index (Phi) is 3.69. The van der Waals surface area contributed by atoms with Crippen molar-refractivity contribution in [3.05, 3.63) is 10.8 Å². The molecule has 0 spiro atoms. The van der Waals surface area contributed by atoms with Gasteiger partial charge in [0.25, 0.3) is 0 Å². The van der Waals surface area contributed by atoms with E-state index in [2.05, 4.69) is 20.6 Å². The Morgan fingerprint density at radius 1 is 1.45 bits per heavy atom. The summed E-state index contributed by atoms with van der Waals surface area (Å²) in [5.74, 6) is 2.05. The summed E-state index contributed by atoms with van der Waals surface area (Å²) in [5.41, 5.74) is 0. The first-order valence-corrected chi connectivity index (χ1v) is 7.93. The van der Waals surface area contributed by atoms with Crippen LogP contribution < -0.4 is 5.32 Å². The highest BCUT2D eigenvalue weighted by Gasteiger charge is 2.29. The van der Waals surface area contributed by atoms with Crippen LogP contribution >= 0.6 is 11.3 Å². The minimum atomic E-state index is 0.113. The highest BCUT2D eigenvalue weighted by molar-refractivity contribution is 7.16. The van der Waals surface area contributed by atoms with Gasteiger partial charge in [-0.15, -0.1) is 10.2 Å². The van der Waals surface area contributed by atoms with Gasteiger partial charge in [-0.3, -0.25) is 4.79 Å². The molecular weight excluding hydrogens is 274 g/mol. The molecule has 2 aromatic rings. The smallest absolute Gasteiger partial charge is 0.234 e. The number of aromatic nitrogens is 4. The van der Waals surface area contributed by atoms with E-state index in [1.54, 1.807) is 11.3 Å². The predicted octanol–water partition coefficient (Wildman–Crippen LogP) is 1.77. The van der Waals surface area contributed by atoms with Gasteiger partial charge in [-0.1, -0.05) is 25.2 Å². The lowest BCUT2D eigenvalue weighted by molar-refractivity contribution is -0.121. The van der Waals surface area contributed by atoms with Gasteiger partial charge in [0.1, 0.15) is 5.01 Å². The van der Waals surface area contributed by atoms with Gasteiger partial charge in [-0.05, 0) is 18.8 Å². The maximum atomic E-state index is 11.6. The molecule has 0 unspecified atom stereocenters. The second-order valence-electron chi connectivity index (χ2n) is 5.72. The normalized spacial score (nSPS) is 15.2. The summed E-state index contributed by atoms with van der Waals surface area (Å²) >= 11 is 1.56. The van der Waals surface area contributed by atoms with E-state index in [9.17, 15) is 4.79 Å². The van der Waals surface area contributed by atoms with Crippen LogP contribution in [0.2, 0.25) is 0 Å². The maximum Gasteiger partial charge on any atom is 0.234 e. The Labute approximate surface area is 121 Å². The van der Waals surface area contributed by atoms with Crippen LogP contribution in [0.15, 0.2) is 0 Å². The van der Waals surface area contributed by atoms with Crippen molar-refractivity contribution in [3.63, 3.8) is 0 Å². The van der Waals surface area contributed by atoms with Crippen molar-refractivity contribution in [1.82, 2.24) is 25.1 Å². The Morgan fingerprint density at radius 2 is 2.25 bits per heavy atom. The first-order valence-electron chi connectivity index (χ1n) is 7.11. The number of nitrogens with one attached hydrogen (secondary N) is 1. The number of nitrogens with zero attached hydrogens (tertiary/aromatic N) is 4. The lowest BCUT2D eigenvalue weighted by Crippen LogP contribution is -2.26. The zero-order chi connectivity index (χ0) is 14.1. The molecule has 1 fully saturated rings. The molecule has 108 valence electrons. The summed E-state index contributed by atoms with van der Waals surface area (Å²) in [6.45, 7) is 4.72. The van der Waals surface area contributed by atoms with E-state index in [4.69, 9.17) is 0 Å². The van der Waals surface area contributed by atoms with Crippen molar-refractivity contribution in [1.29, 1.82) is 0 Å². The molecule has 0 atom stereocenters. The average Bonchev–Trinajstić information content (AvgIpc) is 3.00. The van der Waals surface area contributed by atoms with Gasteiger partial charge in [-0.2, -0.15) is 9.61 Å². The van der Waals surface area contributed by atoms with E-state index in [1.165, 1.54) is 12.8 Å². The summed E-state index contributed by atoms with van der Waals surface area (Å²) in [7, 11) is 0. The fourth-order valence-electron chi connectivity index (χ4n) is 2.12. The Bertz CT molecular complexity index is 613. The monoisotopic (exact) mass is 293 g/mol. The Morgan fingerprint density at radius 3 is 2.95 bits per heavy atom. The SMILES string of the molecule is CC(C)CC(=O)NCCc1nn2c(C3CC3)nnc2s1. The fourth-order valence-corrected chi connectivity index (χ4v) is 2.96. The van der Waals surface area contributed by atoms with Gasteiger partial charge in [0.15, 0.2) is 5.82 Å². The average molecular weight is 293 g/mol. The number of rotatable bonds is 6. The molecule has 1 aliphatic carbocycles. The van der Waals surface area contributed by atoms with Gasteiger partial charge in [0.05, 0.1) is 0 Å². The first kappa shape index (κ1) is 13.5. The number of amides is 1.